The summed E-state index contributed by atoms with van der Waals surface area (Å²) < 4.78 is 10.7. The monoisotopic (exact) mass is 313 g/mol. The van der Waals surface area contributed by atoms with Crippen LogP contribution in [0.4, 0.5) is 0 Å². The van der Waals surface area contributed by atoms with Gasteiger partial charge in [-0.1, -0.05) is 6.07 Å². The molecule has 0 radical (unpaired) electrons. The van der Waals surface area contributed by atoms with Crippen molar-refractivity contribution in [1.29, 1.82) is 0 Å². The highest BCUT2D eigenvalue weighted by molar-refractivity contribution is 6.02. The highest BCUT2D eigenvalue weighted by atomic mass is 16.6. The third-order valence-corrected chi connectivity index (χ3v) is 3.47. The van der Waals surface area contributed by atoms with Gasteiger partial charge >= 0.3 is 0 Å². The number of aromatic hydroxyl groups is 1. The Bertz CT molecular complexity index is 742. The summed E-state index contributed by atoms with van der Waals surface area (Å²) in [7, 11) is 0. The maximum Gasteiger partial charge on any atom is 0.203 e. The summed E-state index contributed by atoms with van der Waals surface area (Å²) in [5.41, 5.74) is 0.630. The van der Waals surface area contributed by atoms with Crippen molar-refractivity contribution in [3.63, 3.8) is 0 Å². The van der Waals surface area contributed by atoms with Crippen molar-refractivity contribution in [3.05, 3.63) is 47.8 Å². The average molecular weight is 313 g/mol. The summed E-state index contributed by atoms with van der Waals surface area (Å²) >= 11 is 0. The molecule has 1 aliphatic rings. The molecule has 1 aromatic carbocycles. The first-order valence-electron chi connectivity index (χ1n) is 7.25. The minimum atomic E-state index is -0.249. The third-order valence-electron chi connectivity index (χ3n) is 3.47. The predicted octanol–water partition coefficient (Wildman–Crippen LogP) is 2.40. The van der Waals surface area contributed by atoms with E-state index in [4.69, 9.17) is 9.47 Å². The highest BCUT2D eigenvalue weighted by Crippen LogP contribution is 2.39. The fourth-order valence-corrected chi connectivity index (χ4v) is 2.32. The van der Waals surface area contributed by atoms with Gasteiger partial charge < -0.3 is 14.6 Å². The first-order valence-corrected chi connectivity index (χ1v) is 7.25. The van der Waals surface area contributed by atoms with Crippen LogP contribution in [-0.2, 0) is 0 Å². The molecule has 6 nitrogen and oxygen atoms in total. The van der Waals surface area contributed by atoms with Gasteiger partial charge in [0.05, 0.1) is 0 Å². The second kappa shape index (κ2) is 6.48. The Hall–Kier alpha value is -2.89. The van der Waals surface area contributed by atoms with E-state index in [1.54, 1.807) is 18.2 Å². The molecule has 2 heterocycles. The predicted molar refractivity (Wildman–Crippen MR) is 81.2 cm³/mol. The number of ether oxygens (including phenoxy) is 2. The molecule has 0 saturated heterocycles. The summed E-state index contributed by atoms with van der Waals surface area (Å²) in [5, 5.41) is 9.91. The number of fused-ring (bicyclic) bond motifs is 1. The number of rotatable bonds is 5. The summed E-state index contributed by atoms with van der Waals surface area (Å²) in [4.78, 5) is 28.2. The van der Waals surface area contributed by atoms with Crippen LogP contribution in [0.1, 0.15) is 33.7 Å². The summed E-state index contributed by atoms with van der Waals surface area (Å²) in [6.07, 6.45) is 1.63. The van der Waals surface area contributed by atoms with Crippen molar-refractivity contribution in [3.8, 4) is 17.2 Å². The fourth-order valence-electron chi connectivity index (χ4n) is 2.32. The summed E-state index contributed by atoms with van der Waals surface area (Å²) in [6, 6.07) is 7.92. The third kappa shape index (κ3) is 3.31. The minimum absolute atomic E-state index is 0.0362. The van der Waals surface area contributed by atoms with Gasteiger partial charge in [-0.3, -0.25) is 14.6 Å². The zero-order valence-electron chi connectivity index (χ0n) is 12.3. The fraction of sp³-hybridized carbons (Fsp3) is 0.235. The number of nitrogens with zero attached hydrogens (tertiary/aromatic N) is 1. The first-order chi connectivity index (χ1) is 11.1. The van der Waals surface area contributed by atoms with E-state index in [0.717, 1.165) is 0 Å². The number of carbonyl (C=O) groups is 2. The zero-order chi connectivity index (χ0) is 16.2. The molecule has 3 rings (SSSR count). The van der Waals surface area contributed by atoms with E-state index in [1.807, 2.05) is 0 Å². The number of Topliss-reactive ketones (excluding diaryl/α,β-unsaturated/α-hetero) is 2. The lowest BCUT2D eigenvalue weighted by atomic mass is 10.0. The molecular formula is C17H15NO5. The number of phenols is 1. The molecule has 2 aromatic rings. The van der Waals surface area contributed by atoms with Gasteiger partial charge in [0.25, 0.3) is 0 Å². The molecule has 0 amide bonds. The topological polar surface area (TPSA) is 85.7 Å². The van der Waals surface area contributed by atoms with Crippen molar-refractivity contribution in [1.82, 2.24) is 4.98 Å². The van der Waals surface area contributed by atoms with Gasteiger partial charge in [0.1, 0.15) is 18.9 Å². The van der Waals surface area contributed by atoms with Crippen LogP contribution in [0.5, 0.6) is 17.2 Å². The second-order valence-electron chi connectivity index (χ2n) is 5.08. The van der Waals surface area contributed by atoms with Gasteiger partial charge in [0.15, 0.2) is 23.1 Å². The van der Waals surface area contributed by atoms with Crippen LogP contribution in [0, 0.1) is 0 Å². The van der Waals surface area contributed by atoms with Crippen LogP contribution >= 0.6 is 0 Å². The molecule has 0 fully saturated rings. The quantitative estimate of drug-likeness (QED) is 0.853. The second-order valence-corrected chi connectivity index (χ2v) is 5.08. The number of hydrogen-bond acceptors (Lipinski definition) is 6. The number of pyridine rings is 1. The van der Waals surface area contributed by atoms with Crippen molar-refractivity contribution >= 4 is 11.6 Å². The standard InChI is InChI=1S/C17H15NO5/c19-13(4-5-14(20)12-3-1-2-6-18-12)11-9-15(21)17-16(10-11)22-7-8-23-17/h1-3,6,9-10,21H,4-5,7-8H2. The number of phenolic OH excluding ortho intramolecular Hbond substituents is 1. The molecule has 0 spiro atoms. The Morgan fingerprint density at radius 1 is 1.09 bits per heavy atom. The van der Waals surface area contributed by atoms with E-state index < -0.39 is 0 Å². The molecular weight excluding hydrogens is 298 g/mol. The van der Waals surface area contributed by atoms with E-state index in [0.29, 0.717) is 30.2 Å². The maximum atomic E-state index is 12.2. The number of ketones is 2. The first kappa shape index (κ1) is 15.0. The number of aromatic nitrogens is 1. The van der Waals surface area contributed by atoms with E-state index in [2.05, 4.69) is 4.98 Å². The molecule has 1 aliphatic heterocycles. The van der Waals surface area contributed by atoms with Crippen molar-refractivity contribution in [2.24, 2.45) is 0 Å². The largest absolute Gasteiger partial charge is 0.504 e. The van der Waals surface area contributed by atoms with Gasteiger partial charge in [-0.25, -0.2) is 0 Å². The molecule has 0 bridgehead atoms. The van der Waals surface area contributed by atoms with E-state index >= 15 is 0 Å². The van der Waals surface area contributed by atoms with Gasteiger partial charge in [-0.2, -0.15) is 0 Å². The van der Waals surface area contributed by atoms with Gasteiger partial charge in [0, 0.05) is 24.6 Å². The van der Waals surface area contributed by atoms with Crippen LogP contribution in [0.2, 0.25) is 0 Å². The number of hydrogen-bond donors (Lipinski definition) is 1. The Balaban J connectivity index is 1.69. The van der Waals surface area contributed by atoms with Crippen molar-refractivity contribution in [2.75, 3.05) is 13.2 Å². The molecule has 1 aromatic heterocycles. The lowest BCUT2D eigenvalue weighted by Gasteiger charge is -2.19. The smallest absolute Gasteiger partial charge is 0.203 e. The molecule has 0 atom stereocenters. The highest BCUT2D eigenvalue weighted by Gasteiger charge is 2.20. The van der Waals surface area contributed by atoms with E-state index in [9.17, 15) is 14.7 Å². The van der Waals surface area contributed by atoms with Crippen LogP contribution in [0.15, 0.2) is 36.5 Å². The Morgan fingerprint density at radius 3 is 2.65 bits per heavy atom. The molecule has 118 valence electrons. The Kier molecular flexibility index (Phi) is 4.23. The molecule has 0 saturated carbocycles. The van der Waals surface area contributed by atoms with Gasteiger partial charge in [-0.15, -0.1) is 0 Å². The van der Waals surface area contributed by atoms with E-state index in [1.165, 1.54) is 18.3 Å². The normalized spacial score (nSPS) is 12.7. The van der Waals surface area contributed by atoms with Crippen molar-refractivity contribution < 1.29 is 24.2 Å². The molecule has 23 heavy (non-hydrogen) atoms. The molecule has 1 N–H and O–H groups in total. The summed E-state index contributed by atoms with van der Waals surface area (Å²) in [6.45, 7) is 0.717. The molecule has 0 unspecified atom stereocenters. The minimum Gasteiger partial charge on any atom is -0.504 e. The maximum absolute atomic E-state index is 12.2. The zero-order valence-corrected chi connectivity index (χ0v) is 12.3. The van der Waals surface area contributed by atoms with Crippen LogP contribution in [0.25, 0.3) is 0 Å². The van der Waals surface area contributed by atoms with Crippen LogP contribution in [0.3, 0.4) is 0 Å². The summed E-state index contributed by atoms with van der Waals surface area (Å²) in [5.74, 6) is 0.0110. The number of carbonyl (C=O) groups excluding carboxylic acids is 2. The Labute approximate surface area is 132 Å². The lowest BCUT2D eigenvalue weighted by molar-refractivity contribution is 0.0914. The molecule has 0 aliphatic carbocycles. The Morgan fingerprint density at radius 2 is 1.87 bits per heavy atom. The van der Waals surface area contributed by atoms with E-state index in [-0.39, 0.29) is 35.9 Å². The van der Waals surface area contributed by atoms with Crippen LogP contribution < -0.4 is 9.47 Å². The average Bonchev–Trinajstić information content (AvgIpc) is 2.60. The lowest BCUT2D eigenvalue weighted by Crippen LogP contribution is -2.16. The SMILES string of the molecule is O=C(CCC(=O)c1ccccn1)c1cc(O)c2c(c1)OCCO2. The van der Waals surface area contributed by atoms with Crippen LogP contribution in [-0.4, -0.2) is 34.9 Å². The molecule has 6 heteroatoms. The van der Waals surface area contributed by atoms with Gasteiger partial charge in [-0.05, 0) is 24.3 Å². The van der Waals surface area contributed by atoms with Crippen molar-refractivity contribution in [2.45, 2.75) is 12.8 Å². The van der Waals surface area contributed by atoms with Gasteiger partial charge in [0.2, 0.25) is 5.75 Å². The number of benzene rings is 1.